The van der Waals surface area contributed by atoms with Crippen molar-refractivity contribution in [3.63, 3.8) is 0 Å². The van der Waals surface area contributed by atoms with E-state index in [1.807, 2.05) is 0 Å². The Balaban J connectivity index is 2.09. The Morgan fingerprint density at radius 1 is 1.56 bits per heavy atom. The summed E-state index contributed by atoms with van der Waals surface area (Å²) in [7, 11) is 0. The minimum Gasteiger partial charge on any atom is -0.298 e. The number of hydrogen-bond acceptors (Lipinski definition) is 2. The molecule has 1 unspecified atom stereocenters. The van der Waals surface area contributed by atoms with Crippen LogP contribution in [0.5, 0.6) is 0 Å². The smallest absolute Gasteiger partial charge is 0.124 e. The zero-order valence-electron chi connectivity index (χ0n) is 8.71. The Kier molecular flexibility index (Phi) is 3.57. The second-order valence-electron chi connectivity index (χ2n) is 4.08. The molecule has 4 heteroatoms. The Labute approximate surface area is 103 Å². The summed E-state index contributed by atoms with van der Waals surface area (Å²) in [6.45, 7) is 0.863. The average molecular weight is 283 g/mol. The highest BCUT2D eigenvalue weighted by Gasteiger charge is 2.23. The molecule has 1 aliphatic rings. The standard InChI is InChI=1S/C12H12BrFN2/c13-11-5-9(14)3-4-10(11)12(6-15)16-7-8-1-2-8/h3-5,8,12,16H,1-2,7H2. The molecule has 1 atom stereocenters. The van der Waals surface area contributed by atoms with Crippen molar-refractivity contribution in [2.24, 2.45) is 5.92 Å². The fourth-order valence-electron chi connectivity index (χ4n) is 1.57. The molecule has 1 aliphatic carbocycles. The lowest BCUT2D eigenvalue weighted by atomic mass is 10.1. The molecule has 0 radical (unpaired) electrons. The van der Waals surface area contributed by atoms with E-state index in [-0.39, 0.29) is 11.9 Å². The van der Waals surface area contributed by atoms with Crippen molar-refractivity contribution in [1.82, 2.24) is 5.32 Å². The molecule has 84 valence electrons. The van der Waals surface area contributed by atoms with Crippen LogP contribution in [0.4, 0.5) is 4.39 Å². The van der Waals surface area contributed by atoms with Crippen LogP contribution in [0.15, 0.2) is 22.7 Å². The molecule has 0 saturated heterocycles. The third-order valence-corrected chi connectivity index (χ3v) is 3.40. The molecular formula is C12H12BrFN2. The van der Waals surface area contributed by atoms with E-state index in [0.29, 0.717) is 4.47 Å². The van der Waals surface area contributed by atoms with Gasteiger partial charge in [0.2, 0.25) is 0 Å². The number of nitrogens with one attached hydrogen (secondary N) is 1. The highest BCUT2D eigenvalue weighted by atomic mass is 79.9. The topological polar surface area (TPSA) is 35.8 Å². The van der Waals surface area contributed by atoms with Gasteiger partial charge in [-0.2, -0.15) is 5.26 Å². The SMILES string of the molecule is N#CC(NCC1CC1)c1ccc(F)cc1Br. The van der Waals surface area contributed by atoms with E-state index >= 15 is 0 Å². The van der Waals surface area contributed by atoms with Gasteiger partial charge in [-0.25, -0.2) is 4.39 Å². The first kappa shape index (κ1) is 11.6. The van der Waals surface area contributed by atoms with Crippen LogP contribution in [-0.4, -0.2) is 6.54 Å². The number of hydrogen-bond donors (Lipinski definition) is 1. The average Bonchev–Trinajstić information content (AvgIpc) is 3.05. The zero-order valence-corrected chi connectivity index (χ0v) is 10.3. The van der Waals surface area contributed by atoms with E-state index < -0.39 is 0 Å². The first-order valence-electron chi connectivity index (χ1n) is 5.28. The van der Waals surface area contributed by atoms with Gasteiger partial charge in [-0.15, -0.1) is 0 Å². The van der Waals surface area contributed by atoms with Crippen LogP contribution < -0.4 is 5.32 Å². The van der Waals surface area contributed by atoms with Gasteiger partial charge >= 0.3 is 0 Å². The lowest BCUT2D eigenvalue weighted by Gasteiger charge is -2.13. The van der Waals surface area contributed by atoms with Crippen molar-refractivity contribution in [3.8, 4) is 6.07 Å². The van der Waals surface area contributed by atoms with E-state index in [1.165, 1.54) is 25.0 Å². The number of nitrogens with zero attached hydrogens (tertiary/aromatic N) is 1. The van der Waals surface area contributed by atoms with E-state index in [2.05, 4.69) is 27.3 Å². The summed E-state index contributed by atoms with van der Waals surface area (Å²) in [5.41, 5.74) is 0.796. The van der Waals surface area contributed by atoms with Crippen LogP contribution >= 0.6 is 15.9 Å². The molecule has 0 amide bonds. The molecule has 1 saturated carbocycles. The molecular weight excluding hydrogens is 271 g/mol. The lowest BCUT2D eigenvalue weighted by Crippen LogP contribution is -2.22. The Bertz CT molecular complexity index is 424. The predicted molar refractivity (Wildman–Crippen MR) is 63.2 cm³/mol. The van der Waals surface area contributed by atoms with E-state index in [1.54, 1.807) is 6.07 Å². The van der Waals surface area contributed by atoms with E-state index in [0.717, 1.165) is 18.0 Å². The molecule has 0 spiro atoms. The van der Waals surface area contributed by atoms with Gasteiger partial charge in [-0.3, -0.25) is 5.32 Å². The molecule has 0 heterocycles. The maximum absolute atomic E-state index is 12.9. The van der Waals surface area contributed by atoms with Crippen LogP contribution in [-0.2, 0) is 0 Å². The van der Waals surface area contributed by atoms with Gasteiger partial charge in [0.15, 0.2) is 0 Å². The molecule has 1 N–H and O–H groups in total. The van der Waals surface area contributed by atoms with Crippen LogP contribution in [0.2, 0.25) is 0 Å². The second-order valence-corrected chi connectivity index (χ2v) is 4.93. The molecule has 0 aliphatic heterocycles. The van der Waals surface area contributed by atoms with Crippen molar-refractivity contribution < 1.29 is 4.39 Å². The first-order chi connectivity index (χ1) is 7.70. The molecule has 16 heavy (non-hydrogen) atoms. The monoisotopic (exact) mass is 282 g/mol. The van der Waals surface area contributed by atoms with Gasteiger partial charge in [0, 0.05) is 4.47 Å². The summed E-state index contributed by atoms with van der Waals surface area (Å²) in [5, 5.41) is 12.3. The summed E-state index contributed by atoms with van der Waals surface area (Å²) in [5.74, 6) is 0.421. The maximum atomic E-state index is 12.9. The molecule has 0 aromatic heterocycles. The number of halogens is 2. The zero-order chi connectivity index (χ0) is 11.5. The van der Waals surface area contributed by atoms with Gasteiger partial charge in [0.25, 0.3) is 0 Å². The Morgan fingerprint density at radius 3 is 2.88 bits per heavy atom. The van der Waals surface area contributed by atoms with Crippen LogP contribution in [0, 0.1) is 23.1 Å². The second kappa shape index (κ2) is 4.94. The predicted octanol–water partition coefficient (Wildman–Crippen LogP) is 3.15. The van der Waals surface area contributed by atoms with Gasteiger partial charge in [-0.1, -0.05) is 22.0 Å². The van der Waals surface area contributed by atoms with Crippen molar-refractivity contribution in [2.75, 3.05) is 6.54 Å². The molecule has 1 aromatic carbocycles. The quantitative estimate of drug-likeness (QED) is 0.921. The summed E-state index contributed by atoms with van der Waals surface area (Å²) in [6, 6.07) is 6.24. The number of nitriles is 1. The van der Waals surface area contributed by atoms with Gasteiger partial charge in [-0.05, 0) is 43.0 Å². The van der Waals surface area contributed by atoms with Gasteiger partial charge in [0.05, 0.1) is 6.07 Å². The van der Waals surface area contributed by atoms with Crippen molar-refractivity contribution in [1.29, 1.82) is 5.26 Å². The molecule has 2 nitrogen and oxygen atoms in total. The van der Waals surface area contributed by atoms with Crippen molar-refractivity contribution in [3.05, 3.63) is 34.1 Å². The van der Waals surface area contributed by atoms with Crippen LogP contribution in [0.3, 0.4) is 0 Å². The molecule has 1 fully saturated rings. The largest absolute Gasteiger partial charge is 0.298 e. The highest BCUT2D eigenvalue weighted by Crippen LogP contribution is 2.29. The summed E-state index contributed by atoms with van der Waals surface area (Å²) >= 11 is 3.28. The summed E-state index contributed by atoms with van der Waals surface area (Å²) in [4.78, 5) is 0. The highest BCUT2D eigenvalue weighted by molar-refractivity contribution is 9.10. The van der Waals surface area contributed by atoms with Crippen LogP contribution in [0.25, 0.3) is 0 Å². The lowest BCUT2D eigenvalue weighted by molar-refractivity contribution is 0.587. The Morgan fingerprint density at radius 2 is 2.31 bits per heavy atom. The third kappa shape index (κ3) is 2.81. The number of benzene rings is 1. The minimum atomic E-state index is -0.365. The van der Waals surface area contributed by atoms with Gasteiger partial charge < -0.3 is 0 Å². The van der Waals surface area contributed by atoms with E-state index in [4.69, 9.17) is 5.26 Å². The Hall–Kier alpha value is -0.920. The van der Waals surface area contributed by atoms with E-state index in [9.17, 15) is 4.39 Å². The molecule has 2 rings (SSSR count). The minimum absolute atomic E-state index is 0.297. The fourth-order valence-corrected chi connectivity index (χ4v) is 2.15. The van der Waals surface area contributed by atoms with Gasteiger partial charge in [0.1, 0.15) is 11.9 Å². The first-order valence-corrected chi connectivity index (χ1v) is 6.08. The molecule has 1 aromatic rings. The normalized spacial score (nSPS) is 16.8. The fraction of sp³-hybridized carbons (Fsp3) is 0.417. The van der Waals surface area contributed by atoms with Crippen LogP contribution in [0.1, 0.15) is 24.4 Å². The third-order valence-electron chi connectivity index (χ3n) is 2.71. The van der Waals surface area contributed by atoms with Crippen molar-refractivity contribution in [2.45, 2.75) is 18.9 Å². The summed E-state index contributed by atoms with van der Waals surface area (Å²) < 4.78 is 13.5. The molecule has 0 bridgehead atoms. The summed E-state index contributed by atoms with van der Waals surface area (Å²) in [6.07, 6.45) is 2.49. The van der Waals surface area contributed by atoms with Crippen molar-refractivity contribution >= 4 is 15.9 Å². The maximum Gasteiger partial charge on any atom is 0.124 e. The number of rotatable bonds is 4.